The zero-order chi connectivity index (χ0) is 16.2. The van der Waals surface area contributed by atoms with Crippen LogP contribution >= 0.6 is 0 Å². The summed E-state index contributed by atoms with van der Waals surface area (Å²) in [6, 6.07) is 8.92. The van der Waals surface area contributed by atoms with Gasteiger partial charge in [0.05, 0.1) is 0 Å². The highest BCUT2D eigenvalue weighted by atomic mass is 16.5. The lowest BCUT2D eigenvalue weighted by molar-refractivity contribution is -0.134. The molecular weight excluding hydrogens is 292 g/mol. The van der Waals surface area contributed by atoms with Crippen molar-refractivity contribution in [3.05, 3.63) is 47.6 Å². The monoisotopic (exact) mass is 314 g/mol. The SMILES string of the molecule is Cc1nc(CC2CCCN(C(=O)C(N)c3ccccc3)C2)no1. The maximum absolute atomic E-state index is 12.7. The molecule has 2 aromatic rings. The molecule has 1 amide bonds. The quantitative estimate of drug-likeness (QED) is 0.931. The molecule has 122 valence electrons. The van der Waals surface area contributed by atoms with E-state index in [2.05, 4.69) is 10.1 Å². The number of likely N-dealkylation sites (tertiary alicyclic amines) is 1. The Morgan fingerprint density at radius 3 is 2.91 bits per heavy atom. The van der Waals surface area contributed by atoms with E-state index >= 15 is 0 Å². The lowest BCUT2D eigenvalue weighted by atomic mass is 9.93. The smallest absolute Gasteiger partial charge is 0.244 e. The molecule has 2 heterocycles. The number of carbonyl (C=O) groups is 1. The van der Waals surface area contributed by atoms with Gasteiger partial charge in [-0.2, -0.15) is 4.98 Å². The topological polar surface area (TPSA) is 85.2 Å². The number of aryl methyl sites for hydroxylation is 1. The molecule has 1 aromatic heterocycles. The summed E-state index contributed by atoms with van der Waals surface area (Å²) in [7, 11) is 0. The van der Waals surface area contributed by atoms with Gasteiger partial charge in [-0.25, -0.2) is 0 Å². The van der Waals surface area contributed by atoms with E-state index in [0.717, 1.165) is 31.4 Å². The van der Waals surface area contributed by atoms with Gasteiger partial charge in [0.25, 0.3) is 0 Å². The Morgan fingerprint density at radius 1 is 1.43 bits per heavy atom. The van der Waals surface area contributed by atoms with Crippen molar-refractivity contribution in [1.29, 1.82) is 0 Å². The van der Waals surface area contributed by atoms with Crippen molar-refractivity contribution in [3.8, 4) is 0 Å². The van der Waals surface area contributed by atoms with Crippen LogP contribution < -0.4 is 5.73 Å². The second kappa shape index (κ2) is 6.91. The number of piperidine rings is 1. The summed E-state index contributed by atoms with van der Waals surface area (Å²) < 4.78 is 5.01. The zero-order valence-electron chi connectivity index (χ0n) is 13.3. The van der Waals surface area contributed by atoms with E-state index in [9.17, 15) is 4.79 Å². The molecule has 1 aromatic carbocycles. The van der Waals surface area contributed by atoms with Crippen LogP contribution in [-0.2, 0) is 11.2 Å². The summed E-state index contributed by atoms with van der Waals surface area (Å²) in [6.07, 6.45) is 2.79. The Bertz CT molecular complexity index is 656. The molecule has 0 radical (unpaired) electrons. The number of benzene rings is 1. The zero-order valence-corrected chi connectivity index (χ0v) is 13.3. The average molecular weight is 314 g/mol. The van der Waals surface area contributed by atoms with Crippen LogP contribution in [-0.4, -0.2) is 34.0 Å². The van der Waals surface area contributed by atoms with Crippen LogP contribution in [0.1, 0.15) is 36.2 Å². The van der Waals surface area contributed by atoms with Crippen LogP contribution in [0.5, 0.6) is 0 Å². The van der Waals surface area contributed by atoms with Crippen LogP contribution in [0.15, 0.2) is 34.9 Å². The first-order chi connectivity index (χ1) is 11.1. The summed E-state index contributed by atoms with van der Waals surface area (Å²) in [4.78, 5) is 18.8. The molecule has 1 aliphatic heterocycles. The molecule has 3 rings (SSSR count). The minimum Gasteiger partial charge on any atom is -0.341 e. The number of hydrogen-bond donors (Lipinski definition) is 1. The van der Waals surface area contributed by atoms with Crippen molar-refractivity contribution in [1.82, 2.24) is 15.0 Å². The molecule has 2 atom stereocenters. The molecule has 0 aliphatic carbocycles. The van der Waals surface area contributed by atoms with E-state index in [4.69, 9.17) is 10.3 Å². The van der Waals surface area contributed by atoms with Gasteiger partial charge >= 0.3 is 0 Å². The minimum atomic E-state index is -0.595. The van der Waals surface area contributed by atoms with Crippen molar-refractivity contribution >= 4 is 5.91 Å². The van der Waals surface area contributed by atoms with Gasteiger partial charge in [-0.1, -0.05) is 35.5 Å². The summed E-state index contributed by atoms with van der Waals surface area (Å²) in [5, 5.41) is 3.95. The lowest BCUT2D eigenvalue weighted by Crippen LogP contribution is -2.44. The van der Waals surface area contributed by atoms with Gasteiger partial charge in [-0.3, -0.25) is 4.79 Å². The van der Waals surface area contributed by atoms with Crippen LogP contribution in [0.25, 0.3) is 0 Å². The Kier molecular flexibility index (Phi) is 4.71. The first-order valence-electron chi connectivity index (χ1n) is 8.02. The molecule has 0 saturated carbocycles. The van der Waals surface area contributed by atoms with Crippen LogP contribution in [0.3, 0.4) is 0 Å². The molecule has 1 fully saturated rings. The van der Waals surface area contributed by atoms with Crippen molar-refractivity contribution < 1.29 is 9.32 Å². The van der Waals surface area contributed by atoms with Gasteiger partial charge in [-0.05, 0) is 24.3 Å². The van der Waals surface area contributed by atoms with Gasteiger partial charge in [0.15, 0.2) is 5.82 Å². The largest absolute Gasteiger partial charge is 0.341 e. The van der Waals surface area contributed by atoms with E-state index in [-0.39, 0.29) is 5.91 Å². The highest BCUT2D eigenvalue weighted by molar-refractivity contribution is 5.83. The van der Waals surface area contributed by atoms with Gasteiger partial charge < -0.3 is 15.2 Å². The number of aromatic nitrogens is 2. The van der Waals surface area contributed by atoms with Gasteiger partial charge in [-0.15, -0.1) is 0 Å². The fourth-order valence-corrected chi connectivity index (χ4v) is 3.11. The fraction of sp³-hybridized carbons (Fsp3) is 0.471. The molecule has 0 spiro atoms. The number of rotatable bonds is 4. The third-order valence-corrected chi connectivity index (χ3v) is 4.30. The second-order valence-electron chi connectivity index (χ2n) is 6.11. The maximum Gasteiger partial charge on any atom is 0.244 e. The molecule has 6 nitrogen and oxygen atoms in total. The van der Waals surface area contributed by atoms with Crippen molar-refractivity contribution in [2.24, 2.45) is 11.7 Å². The number of nitrogens with zero attached hydrogens (tertiary/aromatic N) is 3. The predicted octanol–water partition coefficient (Wildman–Crippen LogP) is 1.86. The summed E-state index contributed by atoms with van der Waals surface area (Å²) >= 11 is 0. The van der Waals surface area contributed by atoms with Gasteiger partial charge in [0, 0.05) is 26.4 Å². The van der Waals surface area contributed by atoms with Crippen LogP contribution in [0, 0.1) is 12.8 Å². The standard InChI is InChI=1S/C17H22N4O2/c1-12-19-15(20-23-12)10-13-6-5-9-21(11-13)17(22)16(18)14-7-3-2-4-8-14/h2-4,7-8,13,16H,5-6,9-11,18H2,1H3. The Balaban J connectivity index is 1.62. The normalized spacial score (nSPS) is 19.6. The third-order valence-electron chi connectivity index (χ3n) is 4.30. The Hall–Kier alpha value is -2.21. The molecule has 23 heavy (non-hydrogen) atoms. The van der Waals surface area contributed by atoms with E-state index in [1.165, 1.54) is 0 Å². The molecular formula is C17H22N4O2. The molecule has 6 heteroatoms. The van der Waals surface area contributed by atoms with E-state index in [0.29, 0.717) is 24.2 Å². The van der Waals surface area contributed by atoms with Gasteiger partial charge in [0.2, 0.25) is 11.8 Å². The molecule has 0 bridgehead atoms. The molecule has 1 aliphatic rings. The first-order valence-corrected chi connectivity index (χ1v) is 8.02. The summed E-state index contributed by atoms with van der Waals surface area (Å²) in [5.41, 5.74) is 6.99. The average Bonchev–Trinajstić information content (AvgIpc) is 2.99. The number of amides is 1. The van der Waals surface area contributed by atoms with Crippen molar-refractivity contribution in [3.63, 3.8) is 0 Å². The van der Waals surface area contributed by atoms with E-state index in [1.807, 2.05) is 35.2 Å². The number of hydrogen-bond acceptors (Lipinski definition) is 5. The maximum atomic E-state index is 12.7. The molecule has 2 N–H and O–H groups in total. The third kappa shape index (κ3) is 3.76. The molecule has 2 unspecified atom stereocenters. The highest BCUT2D eigenvalue weighted by Gasteiger charge is 2.28. The first kappa shape index (κ1) is 15.7. The predicted molar refractivity (Wildman–Crippen MR) is 85.4 cm³/mol. The van der Waals surface area contributed by atoms with E-state index in [1.54, 1.807) is 6.92 Å². The Labute approximate surface area is 135 Å². The number of carbonyl (C=O) groups excluding carboxylic acids is 1. The second-order valence-corrected chi connectivity index (χ2v) is 6.11. The van der Waals surface area contributed by atoms with Crippen molar-refractivity contribution in [2.75, 3.05) is 13.1 Å². The van der Waals surface area contributed by atoms with E-state index < -0.39 is 6.04 Å². The Morgan fingerprint density at radius 2 is 2.22 bits per heavy atom. The van der Waals surface area contributed by atoms with Crippen LogP contribution in [0.2, 0.25) is 0 Å². The fourth-order valence-electron chi connectivity index (χ4n) is 3.11. The van der Waals surface area contributed by atoms with Gasteiger partial charge in [0.1, 0.15) is 6.04 Å². The summed E-state index contributed by atoms with van der Waals surface area (Å²) in [5.74, 6) is 1.64. The summed E-state index contributed by atoms with van der Waals surface area (Å²) in [6.45, 7) is 3.25. The highest BCUT2D eigenvalue weighted by Crippen LogP contribution is 2.22. The molecule has 1 saturated heterocycles. The number of nitrogens with two attached hydrogens (primary N) is 1. The van der Waals surface area contributed by atoms with Crippen LogP contribution in [0.4, 0.5) is 0 Å². The minimum absolute atomic E-state index is 0.00908. The lowest BCUT2D eigenvalue weighted by Gasteiger charge is -2.34. The van der Waals surface area contributed by atoms with Crippen molar-refractivity contribution in [2.45, 2.75) is 32.2 Å².